The van der Waals surface area contributed by atoms with Crippen molar-refractivity contribution in [3.63, 3.8) is 0 Å². The first-order chi connectivity index (χ1) is 9.67. The highest BCUT2D eigenvalue weighted by Crippen LogP contribution is 2.37. The number of fused-ring (bicyclic) bond motifs is 2. The monoisotopic (exact) mass is 281 g/mol. The number of carbonyl (C=O) groups is 1. The molecule has 0 aromatic rings. The van der Waals surface area contributed by atoms with E-state index in [1.807, 2.05) is 0 Å². The smallest absolute Gasteiger partial charge is 0.249 e. The Morgan fingerprint density at radius 1 is 1.25 bits per heavy atom. The predicted molar refractivity (Wildman–Crippen MR) is 77.3 cm³/mol. The fourth-order valence-electron chi connectivity index (χ4n) is 4.12. The topological polar surface area (TPSA) is 67.6 Å². The van der Waals surface area contributed by atoms with Crippen LogP contribution in [0.4, 0.5) is 0 Å². The first kappa shape index (κ1) is 14.3. The maximum Gasteiger partial charge on any atom is 0.249 e. The van der Waals surface area contributed by atoms with Crippen LogP contribution in [0.15, 0.2) is 0 Å². The van der Waals surface area contributed by atoms with E-state index in [9.17, 15) is 4.79 Å². The first-order valence-corrected chi connectivity index (χ1v) is 8.02. The maximum absolute atomic E-state index is 12.1. The van der Waals surface area contributed by atoms with Crippen molar-refractivity contribution in [1.82, 2.24) is 10.2 Å². The lowest BCUT2D eigenvalue weighted by molar-refractivity contribution is -0.132. The molecule has 0 aromatic carbocycles. The molecule has 3 fully saturated rings. The van der Waals surface area contributed by atoms with Crippen molar-refractivity contribution in [3.05, 3.63) is 0 Å². The minimum Gasteiger partial charge on any atom is -0.364 e. The molecule has 0 saturated carbocycles. The van der Waals surface area contributed by atoms with Crippen LogP contribution < -0.4 is 11.1 Å². The van der Waals surface area contributed by atoms with Gasteiger partial charge in [-0.3, -0.25) is 4.79 Å². The van der Waals surface area contributed by atoms with Gasteiger partial charge in [0, 0.05) is 25.2 Å². The summed E-state index contributed by atoms with van der Waals surface area (Å²) in [6.07, 6.45) is 6.63. The van der Waals surface area contributed by atoms with Gasteiger partial charge in [-0.05, 0) is 51.5 Å². The van der Waals surface area contributed by atoms with E-state index in [2.05, 4.69) is 17.3 Å². The standard InChI is InChI=1S/C15H27N3O2/c1-18-11-2-3-12(18)7-10(6-11)9-17-15(19)14-5-4-13(8-16)20-14/h10-14H,2-9,16H2,1H3,(H,17,19). The van der Waals surface area contributed by atoms with Gasteiger partial charge in [-0.2, -0.15) is 0 Å². The third-order valence-electron chi connectivity index (χ3n) is 5.42. The molecule has 3 rings (SSSR count). The lowest BCUT2D eigenvalue weighted by atomic mass is 9.91. The van der Waals surface area contributed by atoms with Crippen molar-refractivity contribution in [2.24, 2.45) is 11.7 Å². The van der Waals surface area contributed by atoms with E-state index in [1.54, 1.807) is 0 Å². The van der Waals surface area contributed by atoms with E-state index in [0.717, 1.165) is 31.5 Å². The van der Waals surface area contributed by atoms with E-state index in [4.69, 9.17) is 10.5 Å². The van der Waals surface area contributed by atoms with Gasteiger partial charge in [0.1, 0.15) is 6.10 Å². The van der Waals surface area contributed by atoms with Gasteiger partial charge < -0.3 is 20.7 Å². The lowest BCUT2D eigenvalue weighted by Crippen LogP contribution is -2.44. The molecule has 0 radical (unpaired) electrons. The van der Waals surface area contributed by atoms with Gasteiger partial charge in [-0.15, -0.1) is 0 Å². The van der Waals surface area contributed by atoms with Crippen LogP contribution in [0.2, 0.25) is 0 Å². The molecule has 5 heteroatoms. The summed E-state index contributed by atoms with van der Waals surface area (Å²) in [5.41, 5.74) is 5.58. The van der Waals surface area contributed by atoms with E-state index >= 15 is 0 Å². The summed E-state index contributed by atoms with van der Waals surface area (Å²) in [6, 6.07) is 1.47. The molecular formula is C15H27N3O2. The molecule has 0 spiro atoms. The van der Waals surface area contributed by atoms with Crippen molar-refractivity contribution < 1.29 is 9.53 Å². The van der Waals surface area contributed by atoms with Crippen molar-refractivity contribution in [3.8, 4) is 0 Å². The number of piperidine rings is 1. The van der Waals surface area contributed by atoms with Crippen LogP contribution in [0.25, 0.3) is 0 Å². The minimum absolute atomic E-state index is 0.0622. The number of amides is 1. The third kappa shape index (κ3) is 2.85. The van der Waals surface area contributed by atoms with E-state index in [-0.39, 0.29) is 18.1 Å². The number of nitrogens with one attached hydrogen (secondary N) is 1. The van der Waals surface area contributed by atoms with Crippen LogP contribution in [-0.4, -0.2) is 55.2 Å². The zero-order valence-corrected chi connectivity index (χ0v) is 12.4. The second-order valence-electron chi connectivity index (χ2n) is 6.69. The Balaban J connectivity index is 1.43. The average Bonchev–Trinajstić information content (AvgIpc) is 2.99. The molecule has 4 unspecified atom stereocenters. The fraction of sp³-hybridized carbons (Fsp3) is 0.933. The molecule has 3 saturated heterocycles. The Bertz CT molecular complexity index is 349. The summed E-state index contributed by atoms with van der Waals surface area (Å²) in [7, 11) is 2.25. The summed E-state index contributed by atoms with van der Waals surface area (Å²) in [6.45, 7) is 1.33. The number of ether oxygens (including phenoxy) is 1. The molecule has 3 heterocycles. The van der Waals surface area contributed by atoms with Gasteiger partial charge in [0.05, 0.1) is 6.10 Å². The molecule has 0 aliphatic carbocycles. The number of nitrogens with two attached hydrogens (primary N) is 1. The largest absolute Gasteiger partial charge is 0.364 e. The summed E-state index contributed by atoms with van der Waals surface area (Å²) < 4.78 is 5.64. The summed E-state index contributed by atoms with van der Waals surface area (Å²) in [5, 5.41) is 3.10. The van der Waals surface area contributed by atoms with Crippen molar-refractivity contribution >= 4 is 5.91 Å². The second-order valence-corrected chi connectivity index (χ2v) is 6.69. The van der Waals surface area contributed by atoms with Crippen LogP contribution in [0.3, 0.4) is 0 Å². The Morgan fingerprint density at radius 2 is 1.95 bits per heavy atom. The Labute approximate surface area is 121 Å². The molecule has 0 aromatic heterocycles. The molecule has 3 N–H and O–H groups in total. The molecule has 4 atom stereocenters. The van der Waals surface area contributed by atoms with Crippen LogP contribution >= 0.6 is 0 Å². The number of carbonyl (C=O) groups excluding carboxylic acids is 1. The molecule has 2 bridgehead atoms. The zero-order valence-electron chi connectivity index (χ0n) is 12.4. The highest BCUT2D eigenvalue weighted by atomic mass is 16.5. The van der Waals surface area contributed by atoms with Gasteiger partial charge in [-0.25, -0.2) is 0 Å². The van der Waals surface area contributed by atoms with Crippen molar-refractivity contribution in [1.29, 1.82) is 0 Å². The molecule has 1 amide bonds. The zero-order chi connectivity index (χ0) is 14.1. The SMILES string of the molecule is CN1C2CCC1CC(CNC(=O)C1CCC(CN)O1)C2. The highest BCUT2D eigenvalue weighted by Gasteiger charge is 2.38. The Kier molecular flexibility index (Phi) is 4.29. The Hall–Kier alpha value is -0.650. The summed E-state index contributed by atoms with van der Waals surface area (Å²) >= 11 is 0. The molecule has 3 aliphatic heterocycles. The van der Waals surface area contributed by atoms with Gasteiger partial charge in [0.15, 0.2) is 0 Å². The van der Waals surface area contributed by atoms with E-state index in [0.29, 0.717) is 12.5 Å². The maximum atomic E-state index is 12.1. The van der Waals surface area contributed by atoms with Crippen LogP contribution in [0, 0.1) is 5.92 Å². The minimum atomic E-state index is -0.272. The highest BCUT2D eigenvalue weighted by molar-refractivity contribution is 5.81. The molecule has 20 heavy (non-hydrogen) atoms. The average molecular weight is 281 g/mol. The molecule has 114 valence electrons. The van der Waals surface area contributed by atoms with Gasteiger partial charge in [0.25, 0.3) is 0 Å². The number of nitrogens with zero attached hydrogens (tertiary/aromatic N) is 1. The van der Waals surface area contributed by atoms with Gasteiger partial charge in [-0.1, -0.05) is 0 Å². The second kappa shape index (κ2) is 6.00. The van der Waals surface area contributed by atoms with E-state index < -0.39 is 0 Å². The quantitative estimate of drug-likeness (QED) is 0.786. The normalized spacial score (nSPS) is 41.0. The van der Waals surface area contributed by atoms with Crippen molar-refractivity contribution in [2.45, 2.75) is 62.8 Å². The van der Waals surface area contributed by atoms with Crippen LogP contribution in [-0.2, 0) is 9.53 Å². The third-order valence-corrected chi connectivity index (χ3v) is 5.42. The van der Waals surface area contributed by atoms with Crippen LogP contribution in [0.5, 0.6) is 0 Å². The van der Waals surface area contributed by atoms with Gasteiger partial charge in [0.2, 0.25) is 5.91 Å². The first-order valence-electron chi connectivity index (χ1n) is 8.02. The number of hydrogen-bond acceptors (Lipinski definition) is 4. The molecule has 5 nitrogen and oxygen atoms in total. The van der Waals surface area contributed by atoms with Gasteiger partial charge >= 0.3 is 0 Å². The van der Waals surface area contributed by atoms with Crippen LogP contribution in [0.1, 0.15) is 38.5 Å². The van der Waals surface area contributed by atoms with Crippen molar-refractivity contribution in [2.75, 3.05) is 20.1 Å². The lowest BCUT2D eigenvalue weighted by Gasteiger charge is -2.36. The fourth-order valence-corrected chi connectivity index (χ4v) is 4.12. The molecule has 3 aliphatic rings. The summed E-state index contributed by atoms with van der Waals surface area (Å²) in [4.78, 5) is 14.6. The van der Waals surface area contributed by atoms with E-state index in [1.165, 1.54) is 25.7 Å². The Morgan fingerprint density at radius 3 is 2.55 bits per heavy atom. The molecular weight excluding hydrogens is 254 g/mol. The number of rotatable bonds is 4. The number of hydrogen-bond donors (Lipinski definition) is 2. The summed E-state index contributed by atoms with van der Waals surface area (Å²) in [5.74, 6) is 0.701. The predicted octanol–water partition coefficient (Wildman–Crippen LogP) is 0.482.